The van der Waals surface area contributed by atoms with E-state index in [0.29, 0.717) is 5.56 Å². The third kappa shape index (κ3) is 4.44. The van der Waals surface area contributed by atoms with E-state index in [4.69, 9.17) is 9.47 Å². The number of hydrogen-bond acceptors (Lipinski definition) is 5. The van der Waals surface area contributed by atoms with Gasteiger partial charge in [-0.2, -0.15) is 0 Å². The Hall–Kier alpha value is -3.15. The molecule has 0 aromatic heterocycles. The van der Waals surface area contributed by atoms with Crippen molar-refractivity contribution in [2.75, 3.05) is 14.2 Å². The Kier molecular flexibility index (Phi) is 6.28. The summed E-state index contributed by atoms with van der Waals surface area (Å²) in [7, 11) is 2.32. The minimum Gasteiger partial charge on any atom is -0.467 e. The minimum absolute atomic E-state index is 0.0590. The molecule has 0 aliphatic rings. The molecule has 2 aromatic rings. The van der Waals surface area contributed by atoms with Crippen molar-refractivity contribution in [3.63, 3.8) is 0 Å². The second kappa shape index (κ2) is 8.63. The molecular weight excluding hydrogens is 322 g/mol. The molecule has 0 radical (unpaired) electrons. The second-order valence-electron chi connectivity index (χ2n) is 5.23. The van der Waals surface area contributed by atoms with Gasteiger partial charge in [0.2, 0.25) is 6.04 Å². The van der Waals surface area contributed by atoms with Crippen LogP contribution in [0.4, 0.5) is 0 Å². The number of benzene rings is 2. The summed E-state index contributed by atoms with van der Waals surface area (Å²) in [5.74, 6) is -2.18. The monoisotopic (exact) mass is 341 g/mol. The lowest BCUT2D eigenvalue weighted by atomic mass is 10.1. The summed E-state index contributed by atoms with van der Waals surface area (Å²) >= 11 is 0. The predicted molar refractivity (Wildman–Crippen MR) is 90.6 cm³/mol. The molecule has 0 fully saturated rings. The number of carbonyl (C=O) groups is 3. The number of hydrogen-bond donors (Lipinski definition) is 0. The summed E-state index contributed by atoms with van der Waals surface area (Å²) in [5, 5.41) is 0. The molecule has 0 bridgehead atoms. The lowest BCUT2D eigenvalue weighted by Gasteiger charge is -2.28. The van der Waals surface area contributed by atoms with Gasteiger partial charge >= 0.3 is 11.9 Å². The van der Waals surface area contributed by atoms with Crippen molar-refractivity contribution < 1.29 is 23.9 Å². The van der Waals surface area contributed by atoms with Crippen LogP contribution in [0.25, 0.3) is 0 Å². The molecule has 0 aliphatic heterocycles. The number of carbonyl (C=O) groups excluding carboxylic acids is 3. The fourth-order valence-electron chi connectivity index (χ4n) is 2.38. The van der Waals surface area contributed by atoms with Crippen LogP contribution in [-0.2, 0) is 25.6 Å². The molecule has 0 spiro atoms. The molecule has 0 saturated heterocycles. The number of rotatable bonds is 6. The van der Waals surface area contributed by atoms with E-state index in [-0.39, 0.29) is 6.54 Å². The number of methoxy groups -OCH3 is 2. The van der Waals surface area contributed by atoms with Crippen molar-refractivity contribution in [1.29, 1.82) is 0 Å². The number of esters is 2. The first kappa shape index (κ1) is 18.2. The van der Waals surface area contributed by atoms with E-state index in [1.54, 1.807) is 42.5 Å². The van der Waals surface area contributed by atoms with Crippen molar-refractivity contribution in [3.8, 4) is 0 Å². The summed E-state index contributed by atoms with van der Waals surface area (Å²) < 4.78 is 9.41. The summed E-state index contributed by atoms with van der Waals surface area (Å²) in [6.07, 6.45) is 0. The van der Waals surface area contributed by atoms with Crippen molar-refractivity contribution in [2.24, 2.45) is 0 Å². The Bertz CT molecular complexity index is 714. The molecule has 130 valence electrons. The predicted octanol–water partition coefficient (Wildman–Crippen LogP) is 2.04. The van der Waals surface area contributed by atoms with E-state index in [0.717, 1.165) is 24.7 Å². The standard InChI is InChI=1S/C19H19NO5/c1-24-18(22)16(19(23)25-2)20(13-14-9-5-3-6-10-14)17(21)15-11-7-4-8-12-15/h3-12,16H,13H2,1-2H3. The van der Waals surface area contributed by atoms with Crippen LogP contribution in [0.1, 0.15) is 15.9 Å². The number of nitrogens with zero attached hydrogens (tertiary/aromatic N) is 1. The highest BCUT2D eigenvalue weighted by molar-refractivity contribution is 6.05. The van der Waals surface area contributed by atoms with E-state index >= 15 is 0 Å². The maximum absolute atomic E-state index is 12.9. The third-order valence-corrected chi connectivity index (χ3v) is 3.64. The zero-order chi connectivity index (χ0) is 18.2. The molecule has 0 unspecified atom stereocenters. The highest BCUT2D eigenvalue weighted by Crippen LogP contribution is 2.16. The Labute approximate surface area is 146 Å². The Morgan fingerprint density at radius 3 is 1.80 bits per heavy atom. The summed E-state index contributed by atoms with van der Waals surface area (Å²) in [6.45, 7) is 0.0590. The van der Waals surface area contributed by atoms with E-state index < -0.39 is 23.9 Å². The average Bonchev–Trinajstić information content (AvgIpc) is 2.67. The lowest BCUT2D eigenvalue weighted by Crippen LogP contribution is -2.50. The highest BCUT2D eigenvalue weighted by Gasteiger charge is 2.38. The van der Waals surface area contributed by atoms with Gasteiger partial charge in [0.1, 0.15) is 0 Å². The van der Waals surface area contributed by atoms with Gasteiger partial charge in [-0.1, -0.05) is 48.5 Å². The van der Waals surface area contributed by atoms with Gasteiger partial charge in [0.25, 0.3) is 5.91 Å². The molecule has 1 amide bonds. The van der Waals surface area contributed by atoms with E-state index in [1.807, 2.05) is 18.2 Å². The smallest absolute Gasteiger partial charge is 0.340 e. The zero-order valence-electron chi connectivity index (χ0n) is 14.0. The summed E-state index contributed by atoms with van der Waals surface area (Å²) in [5.41, 5.74) is 1.13. The van der Waals surface area contributed by atoms with Crippen molar-refractivity contribution in [2.45, 2.75) is 12.6 Å². The van der Waals surface area contributed by atoms with Gasteiger partial charge in [-0.25, -0.2) is 9.59 Å². The Balaban J connectivity index is 2.44. The van der Waals surface area contributed by atoms with Crippen LogP contribution < -0.4 is 0 Å². The van der Waals surface area contributed by atoms with Crippen LogP contribution in [0, 0.1) is 0 Å². The number of amides is 1. The van der Waals surface area contributed by atoms with Crippen molar-refractivity contribution in [3.05, 3.63) is 71.8 Å². The van der Waals surface area contributed by atoms with Crippen LogP contribution >= 0.6 is 0 Å². The molecule has 6 nitrogen and oxygen atoms in total. The first-order valence-electron chi connectivity index (χ1n) is 7.64. The molecule has 0 N–H and O–H groups in total. The van der Waals surface area contributed by atoms with E-state index in [9.17, 15) is 14.4 Å². The van der Waals surface area contributed by atoms with Gasteiger partial charge in [0.05, 0.1) is 14.2 Å². The van der Waals surface area contributed by atoms with Gasteiger partial charge in [-0.15, -0.1) is 0 Å². The minimum atomic E-state index is -1.48. The average molecular weight is 341 g/mol. The molecule has 0 heterocycles. The third-order valence-electron chi connectivity index (χ3n) is 3.64. The van der Waals surface area contributed by atoms with Crippen LogP contribution in [0.5, 0.6) is 0 Å². The normalized spacial score (nSPS) is 10.2. The topological polar surface area (TPSA) is 72.9 Å². The van der Waals surface area contributed by atoms with Crippen LogP contribution in [0.3, 0.4) is 0 Å². The van der Waals surface area contributed by atoms with Gasteiger partial charge in [-0.05, 0) is 17.7 Å². The Morgan fingerprint density at radius 2 is 1.32 bits per heavy atom. The Morgan fingerprint density at radius 1 is 0.840 bits per heavy atom. The zero-order valence-corrected chi connectivity index (χ0v) is 14.0. The maximum Gasteiger partial charge on any atom is 0.340 e. The van der Waals surface area contributed by atoms with Gasteiger partial charge in [0, 0.05) is 12.1 Å². The summed E-state index contributed by atoms with van der Waals surface area (Å²) in [6, 6.07) is 16.0. The van der Waals surface area contributed by atoms with Crippen LogP contribution in [0.15, 0.2) is 60.7 Å². The molecule has 2 rings (SSSR count). The molecule has 2 aromatic carbocycles. The molecule has 0 atom stereocenters. The largest absolute Gasteiger partial charge is 0.467 e. The first-order valence-corrected chi connectivity index (χ1v) is 7.64. The highest BCUT2D eigenvalue weighted by atomic mass is 16.5. The van der Waals surface area contributed by atoms with Crippen molar-refractivity contribution >= 4 is 17.8 Å². The van der Waals surface area contributed by atoms with Gasteiger partial charge < -0.3 is 14.4 Å². The lowest BCUT2D eigenvalue weighted by molar-refractivity contribution is -0.159. The SMILES string of the molecule is COC(=O)C(C(=O)OC)N(Cc1ccccc1)C(=O)c1ccccc1. The van der Waals surface area contributed by atoms with Gasteiger partial charge in [-0.3, -0.25) is 4.79 Å². The van der Waals surface area contributed by atoms with E-state index in [2.05, 4.69) is 0 Å². The van der Waals surface area contributed by atoms with Crippen LogP contribution in [-0.4, -0.2) is 43.0 Å². The molecule has 25 heavy (non-hydrogen) atoms. The summed E-state index contributed by atoms with van der Waals surface area (Å²) in [4.78, 5) is 38.4. The molecule has 6 heteroatoms. The fourth-order valence-corrected chi connectivity index (χ4v) is 2.38. The first-order chi connectivity index (χ1) is 12.1. The fraction of sp³-hybridized carbons (Fsp3) is 0.211. The maximum atomic E-state index is 12.9. The molecular formula is C19H19NO5. The second-order valence-corrected chi connectivity index (χ2v) is 5.23. The molecule has 0 aliphatic carbocycles. The van der Waals surface area contributed by atoms with Crippen LogP contribution in [0.2, 0.25) is 0 Å². The van der Waals surface area contributed by atoms with Gasteiger partial charge in [0.15, 0.2) is 0 Å². The quantitative estimate of drug-likeness (QED) is 0.594. The van der Waals surface area contributed by atoms with Crippen molar-refractivity contribution in [1.82, 2.24) is 4.90 Å². The number of ether oxygens (including phenoxy) is 2. The molecule has 0 saturated carbocycles. The van der Waals surface area contributed by atoms with E-state index in [1.165, 1.54) is 0 Å².